The van der Waals surface area contributed by atoms with Crippen molar-refractivity contribution >= 4 is 24.1 Å². The van der Waals surface area contributed by atoms with Crippen LogP contribution in [0, 0.1) is 0 Å². The Hall–Kier alpha value is -3.10. The second kappa shape index (κ2) is 10.3. The molecule has 2 aromatic rings. The summed E-state index contributed by atoms with van der Waals surface area (Å²) in [5, 5.41) is 23.6. The molecule has 9 heteroatoms. The van der Waals surface area contributed by atoms with E-state index in [9.17, 15) is 10.2 Å². The fourth-order valence-corrected chi connectivity index (χ4v) is 4.03. The number of anilines is 3. The summed E-state index contributed by atoms with van der Waals surface area (Å²) in [6.45, 7) is 3.81. The van der Waals surface area contributed by atoms with Crippen LogP contribution in [0.25, 0.3) is 0 Å². The molecule has 3 N–H and O–H groups in total. The van der Waals surface area contributed by atoms with Gasteiger partial charge < -0.3 is 20.0 Å². The molecule has 0 spiro atoms. The summed E-state index contributed by atoms with van der Waals surface area (Å²) in [5.41, 5.74) is 3.39. The van der Waals surface area contributed by atoms with Crippen LogP contribution in [0.15, 0.2) is 23.3 Å². The zero-order chi connectivity index (χ0) is 21.5. The zero-order valence-electron chi connectivity index (χ0n) is 17.9. The van der Waals surface area contributed by atoms with Crippen LogP contribution < -0.4 is 15.2 Å². The highest BCUT2D eigenvalue weighted by Gasteiger charge is 2.19. The van der Waals surface area contributed by atoms with E-state index < -0.39 is 0 Å². The number of phenolic OH excluding ortho intramolecular Hbond substituents is 2. The van der Waals surface area contributed by atoms with E-state index in [0.29, 0.717) is 23.4 Å². The molecule has 2 aliphatic rings. The van der Waals surface area contributed by atoms with Crippen LogP contribution in [0.2, 0.25) is 0 Å². The number of hydrogen-bond acceptors (Lipinski definition) is 9. The lowest BCUT2D eigenvalue weighted by atomic mass is 10.2. The van der Waals surface area contributed by atoms with Crippen LogP contribution in [-0.4, -0.2) is 57.6 Å². The lowest BCUT2D eigenvalue weighted by molar-refractivity contribution is 0.450. The summed E-state index contributed by atoms with van der Waals surface area (Å²) >= 11 is 0. The lowest BCUT2D eigenvalue weighted by Gasteiger charge is -2.24. The van der Waals surface area contributed by atoms with Crippen molar-refractivity contribution in [3.05, 3.63) is 23.8 Å². The topological polar surface area (TPSA) is 110 Å². The van der Waals surface area contributed by atoms with E-state index in [0.717, 1.165) is 51.9 Å². The summed E-state index contributed by atoms with van der Waals surface area (Å²) in [5.74, 6) is 1.74. The van der Waals surface area contributed by atoms with Gasteiger partial charge in [-0.15, -0.1) is 0 Å². The molecule has 2 fully saturated rings. The molecule has 31 heavy (non-hydrogen) atoms. The average Bonchev–Trinajstić information content (AvgIpc) is 3.21. The van der Waals surface area contributed by atoms with Crippen molar-refractivity contribution < 1.29 is 10.2 Å². The first-order chi connectivity index (χ1) is 15.2. The molecule has 0 atom stereocenters. The van der Waals surface area contributed by atoms with Gasteiger partial charge in [-0.2, -0.15) is 20.1 Å². The van der Waals surface area contributed by atoms with Crippen LogP contribution >= 0.6 is 0 Å². The van der Waals surface area contributed by atoms with Gasteiger partial charge in [0.2, 0.25) is 17.8 Å². The molecular formula is C22H31N7O2. The number of aromatic hydroxyl groups is 2. The number of phenols is 2. The average molecular weight is 426 g/mol. The monoisotopic (exact) mass is 425 g/mol. The van der Waals surface area contributed by atoms with Crippen LogP contribution in [0.3, 0.4) is 0 Å². The first-order valence-corrected chi connectivity index (χ1v) is 11.3. The Morgan fingerprint density at radius 3 is 1.84 bits per heavy atom. The number of nitrogens with zero attached hydrogens (tertiary/aromatic N) is 6. The second-order valence-electron chi connectivity index (χ2n) is 8.17. The van der Waals surface area contributed by atoms with E-state index in [2.05, 4.69) is 30.3 Å². The fraction of sp³-hybridized carbons (Fsp3) is 0.545. The number of hydrogen-bond donors (Lipinski definition) is 3. The second-order valence-corrected chi connectivity index (χ2v) is 8.17. The van der Waals surface area contributed by atoms with E-state index in [1.807, 2.05) is 0 Å². The maximum Gasteiger partial charge on any atom is 0.250 e. The molecule has 2 aliphatic heterocycles. The summed E-state index contributed by atoms with van der Waals surface area (Å²) in [7, 11) is 0. The number of hydrazone groups is 1. The lowest BCUT2D eigenvalue weighted by Crippen LogP contribution is -2.30. The van der Waals surface area contributed by atoms with E-state index in [4.69, 9.17) is 4.98 Å². The summed E-state index contributed by atoms with van der Waals surface area (Å²) in [6.07, 6.45) is 11.0. The molecule has 0 saturated carbocycles. The van der Waals surface area contributed by atoms with Gasteiger partial charge in [0, 0.05) is 37.8 Å². The molecule has 0 amide bonds. The molecule has 0 aliphatic carbocycles. The van der Waals surface area contributed by atoms with E-state index in [-0.39, 0.29) is 11.5 Å². The largest absolute Gasteiger partial charge is 0.508 e. The molecule has 0 radical (unpaired) electrons. The third kappa shape index (κ3) is 5.74. The maximum absolute atomic E-state index is 9.94. The summed E-state index contributed by atoms with van der Waals surface area (Å²) in [6, 6.07) is 4.37. The van der Waals surface area contributed by atoms with E-state index in [1.165, 1.54) is 44.0 Å². The van der Waals surface area contributed by atoms with Gasteiger partial charge in [-0.05, 0) is 37.8 Å². The Kier molecular flexibility index (Phi) is 7.01. The molecule has 4 rings (SSSR count). The molecule has 1 aromatic heterocycles. The standard InChI is InChI=1S/C22H31N7O2/c30-18-10-9-17(19(31)15-18)16-23-27-20-24-21(28-11-5-1-2-6-12-28)26-22(25-20)29-13-7-3-4-8-14-29/h9-10,15-16,30-31H,1-8,11-14H2,(H,24,25,26,27)/b23-16-. The van der Waals surface area contributed by atoms with Gasteiger partial charge in [0.05, 0.1) is 6.21 Å². The summed E-state index contributed by atoms with van der Waals surface area (Å²) in [4.78, 5) is 18.6. The summed E-state index contributed by atoms with van der Waals surface area (Å²) < 4.78 is 0. The quantitative estimate of drug-likeness (QED) is 0.493. The SMILES string of the molecule is Oc1ccc(/C=N\Nc2nc(N3CCCCCC3)nc(N3CCCCCC3)n2)c(O)c1. The minimum Gasteiger partial charge on any atom is -0.508 e. The van der Waals surface area contributed by atoms with Crippen molar-refractivity contribution in [2.75, 3.05) is 41.4 Å². The van der Waals surface area contributed by atoms with E-state index in [1.54, 1.807) is 6.07 Å². The van der Waals surface area contributed by atoms with Gasteiger partial charge in [0.25, 0.3) is 0 Å². The number of nitrogens with one attached hydrogen (secondary N) is 1. The first-order valence-electron chi connectivity index (χ1n) is 11.3. The minimum absolute atomic E-state index is 0.00394. The molecule has 9 nitrogen and oxygen atoms in total. The third-order valence-electron chi connectivity index (χ3n) is 5.77. The van der Waals surface area contributed by atoms with Crippen molar-refractivity contribution in [1.82, 2.24) is 15.0 Å². The highest BCUT2D eigenvalue weighted by Crippen LogP contribution is 2.23. The molecule has 0 bridgehead atoms. The normalized spacial score (nSPS) is 18.1. The highest BCUT2D eigenvalue weighted by atomic mass is 16.3. The Morgan fingerprint density at radius 1 is 0.774 bits per heavy atom. The van der Waals surface area contributed by atoms with Gasteiger partial charge in [-0.3, -0.25) is 0 Å². The van der Waals surface area contributed by atoms with Gasteiger partial charge in [-0.25, -0.2) is 5.43 Å². The molecule has 1 aromatic carbocycles. The van der Waals surface area contributed by atoms with Crippen LogP contribution in [0.4, 0.5) is 17.8 Å². The predicted octanol–water partition coefficient (Wildman–Crippen LogP) is 3.49. The number of aromatic nitrogens is 3. The molecular weight excluding hydrogens is 394 g/mol. The van der Waals surface area contributed by atoms with Crippen molar-refractivity contribution in [1.29, 1.82) is 0 Å². The minimum atomic E-state index is -0.0447. The Balaban J connectivity index is 1.57. The maximum atomic E-state index is 9.94. The Morgan fingerprint density at radius 2 is 1.32 bits per heavy atom. The first kappa shape index (κ1) is 21.1. The zero-order valence-corrected chi connectivity index (χ0v) is 17.9. The van der Waals surface area contributed by atoms with Gasteiger partial charge in [-0.1, -0.05) is 25.7 Å². The van der Waals surface area contributed by atoms with Crippen LogP contribution in [0.1, 0.15) is 56.9 Å². The molecule has 3 heterocycles. The van der Waals surface area contributed by atoms with Crippen molar-refractivity contribution in [3.63, 3.8) is 0 Å². The van der Waals surface area contributed by atoms with Crippen molar-refractivity contribution in [3.8, 4) is 11.5 Å². The third-order valence-corrected chi connectivity index (χ3v) is 5.77. The molecule has 2 saturated heterocycles. The van der Waals surface area contributed by atoms with Crippen molar-refractivity contribution in [2.45, 2.75) is 51.4 Å². The Bertz CT molecular complexity index is 851. The Labute approximate surface area is 182 Å². The van der Waals surface area contributed by atoms with Crippen LogP contribution in [0.5, 0.6) is 11.5 Å². The van der Waals surface area contributed by atoms with E-state index >= 15 is 0 Å². The number of rotatable bonds is 5. The fourth-order valence-electron chi connectivity index (χ4n) is 4.03. The molecule has 0 unspecified atom stereocenters. The van der Waals surface area contributed by atoms with Crippen LogP contribution in [-0.2, 0) is 0 Å². The van der Waals surface area contributed by atoms with Gasteiger partial charge >= 0.3 is 0 Å². The highest BCUT2D eigenvalue weighted by molar-refractivity contribution is 5.84. The van der Waals surface area contributed by atoms with Gasteiger partial charge in [0.15, 0.2) is 0 Å². The smallest absolute Gasteiger partial charge is 0.250 e. The predicted molar refractivity (Wildman–Crippen MR) is 122 cm³/mol. The van der Waals surface area contributed by atoms with Crippen molar-refractivity contribution in [2.24, 2.45) is 5.10 Å². The molecule has 166 valence electrons. The number of benzene rings is 1. The van der Waals surface area contributed by atoms with Gasteiger partial charge in [0.1, 0.15) is 11.5 Å².